The Labute approximate surface area is 125 Å². The molecule has 0 amide bonds. The van der Waals surface area contributed by atoms with Gasteiger partial charge in [-0.25, -0.2) is 12.8 Å². The summed E-state index contributed by atoms with van der Waals surface area (Å²) in [6.45, 7) is 2.95. The third-order valence-corrected chi connectivity index (χ3v) is 4.94. The fraction of sp³-hybridized carbons (Fsp3) is 0.571. The Morgan fingerprint density at radius 1 is 1.30 bits per heavy atom. The van der Waals surface area contributed by atoms with Crippen LogP contribution in [-0.2, 0) is 9.84 Å². The number of nitrogens with one attached hydrogen (secondary N) is 1. The Kier molecular flexibility index (Phi) is 7.55. The van der Waals surface area contributed by atoms with Gasteiger partial charge in [0.2, 0.25) is 0 Å². The Balaban J connectivity index is 2.48. The van der Waals surface area contributed by atoms with Crippen LogP contribution in [0.3, 0.4) is 0 Å². The molecule has 0 saturated carbocycles. The zero-order valence-electron chi connectivity index (χ0n) is 11.9. The van der Waals surface area contributed by atoms with Crippen molar-refractivity contribution < 1.29 is 12.8 Å². The Bertz CT molecular complexity index is 488. The van der Waals surface area contributed by atoms with E-state index >= 15 is 0 Å². The summed E-state index contributed by atoms with van der Waals surface area (Å²) in [7, 11) is -2.93. The summed E-state index contributed by atoms with van der Waals surface area (Å²) in [5.74, 6) is 0.728. The fourth-order valence-electron chi connectivity index (χ4n) is 1.68. The van der Waals surface area contributed by atoms with E-state index in [4.69, 9.17) is 0 Å². The molecule has 3 nitrogen and oxygen atoms in total. The molecule has 20 heavy (non-hydrogen) atoms. The van der Waals surface area contributed by atoms with E-state index in [0.717, 1.165) is 23.6 Å². The lowest BCUT2D eigenvalue weighted by Gasteiger charge is -2.17. The minimum atomic E-state index is -2.93. The van der Waals surface area contributed by atoms with Gasteiger partial charge in [-0.05, 0) is 43.7 Å². The van der Waals surface area contributed by atoms with Crippen LogP contribution in [0, 0.1) is 5.82 Å². The SMILES string of the molecule is CCCNC(CCS(C)(=O)=O)CSc1ccc(F)cc1. The molecule has 1 rings (SSSR count). The van der Waals surface area contributed by atoms with Crippen molar-refractivity contribution in [2.45, 2.75) is 30.7 Å². The Morgan fingerprint density at radius 2 is 1.95 bits per heavy atom. The summed E-state index contributed by atoms with van der Waals surface area (Å²) >= 11 is 1.61. The molecule has 1 aromatic rings. The lowest BCUT2D eigenvalue weighted by atomic mass is 10.2. The van der Waals surface area contributed by atoms with Gasteiger partial charge >= 0.3 is 0 Å². The van der Waals surface area contributed by atoms with Gasteiger partial charge < -0.3 is 5.32 Å². The van der Waals surface area contributed by atoms with Crippen LogP contribution < -0.4 is 5.32 Å². The van der Waals surface area contributed by atoms with Crippen LogP contribution in [0.1, 0.15) is 19.8 Å². The average molecular weight is 319 g/mol. The van der Waals surface area contributed by atoms with Crippen molar-refractivity contribution in [3.05, 3.63) is 30.1 Å². The van der Waals surface area contributed by atoms with E-state index in [1.165, 1.54) is 18.4 Å². The first-order chi connectivity index (χ1) is 9.40. The van der Waals surface area contributed by atoms with Crippen LogP contribution in [-0.4, -0.2) is 38.8 Å². The van der Waals surface area contributed by atoms with Gasteiger partial charge in [-0.1, -0.05) is 6.92 Å². The van der Waals surface area contributed by atoms with Crippen LogP contribution in [0.2, 0.25) is 0 Å². The summed E-state index contributed by atoms with van der Waals surface area (Å²) in [5, 5.41) is 3.36. The van der Waals surface area contributed by atoms with Crippen LogP contribution in [0.15, 0.2) is 29.2 Å². The Hall–Kier alpha value is -0.590. The topological polar surface area (TPSA) is 46.2 Å². The zero-order valence-corrected chi connectivity index (χ0v) is 13.6. The maximum Gasteiger partial charge on any atom is 0.147 e. The molecule has 114 valence electrons. The van der Waals surface area contributed by atoms with E-state index in [-0.39, 0.29) is 17.6 Å². The minimum Gasteiger partial charge on any atom is -0.313 e. The molecule has 0 spiro atoms. The molecule has 0 radical (unpaired) electrons. The molecule has 0 fully saturated rings. The average Bonchev–Trinajstić information content (AvgIpc) is 2.38. The van der Waals surface area contributed by atoms with Crippen molar-refractivity contribution >= 4 is 21.6 Å². The second-order valence-electron chi connectivity index (χ2n) is 4.83. The highest BCUT2D eigenvalue weighted by Gasteiger charge is 2.12. The number of thioether (sulfide) groups is 1. The highest BCUT2D eigenvalue weighted by Crippen LogP contribution is 2.20. The third kappa shape index (κ3) is 7.87. The molecule has 0 aliphatic carbocycles. The van der Waals surface area contributed by atoms with Crippen molar-refractivity contribution in [3.63, 3.8) is 0 Å². The molecule has 0 aromatic heterocycles. The summed E-state index contributed by atoms with van der Waals surface area (Å²) in [6.07, 6.45) is 2.88. The highest BCUT2D eigenvalue weighted by molar-refractivity contribution is 7.99. The smallest absolute Gasteiger partial charge is 0.147 e. The maximum atomic E-state index is 12.8. The van der Waals surface area contributed by atoms with Crippen LogP contribution in [0.5, 0.6) is 0 Å². The van der Waals surface area contributed by atoms with Gasteiger partial charge in [0.25, 0.3) is 0 Å². The maximum absolute atomic E-state index is 12.8. The first-order valence-corrected chi connectivity index (χ1v) is 9.75. The minimum absolute atomic E-state index is 0.153. The Morgan fingerprint density at radius 3 is 2.50 bits per heavy atom. The highest BCUT2D eigenvalue weighted by atomic mass is 32.2. The van der Waals surface area contributed by atoms with Crippen LogP contribution in [0.4, 0.5) is 4.39 Å². The van der Waals surface area contributed by atoms with E-state index < -0.39 is 9.84 Å². The molecule has 1 N–H and O–H groups in total. The van der Waals surface area contributed by atoms with Gasteiger partial charge in [-0.2, -0.15) is 0 Å². The summed E-state index contributed by atoms with van der Waals surface area (Å²) in [6, 6.07) is 6.52. The van der Waals surface area contributed by atoms with Crippen LogP contribution in [0.25, 0.3) is 0 Å². The van der Waals surface area contributed by atoms with Gasteiger partial charge in [-0.3, -0.25) is 0 Å². The molecule has 0 aliphatic rings. The van der Waals surface area contributed by atoms with E-state index in [9.17, 15) is 12.8 Å². The molecule has 1 unspecified atom stereocenters. The lowest BCUT2D eigenvalue weighted by Crippen LogP contribution is -2.33. The molecule has 1 aromatic carbocycles. The predicted molar refractivity (Wildman–Crippen MR) is 83.5 cm³/mol. The van der Waals surface area contributed by atoms with Gasteiger partial charge in [0.15, 0.2) is 0 Å². The first-order valence-electron chi connectivity index (χ1n) is 6.70. The van der Waals surface area contributed by atoms with Crippen molar-refractivity contribution in [1.82, 2.24) is 5.32 Å². The largest absolute Gasteiger partial charge is 0.313 e. The monoisotopic (exact) mass is 319 g/mol. The van der Waals surface area contributed by atoms with Crippen molar-refractivity contribution in [2.75, 3.05) is 24.3 Å². The van der Waals surface area contributed by atoms with Crippen molar-refractivity contribution in [2.24, 2.45) is 0 Å². The second-order valence-corrected chi connectivity index (χ2v) is 8.19. The van der Waals surface area contributed by atoms with Gasteiger partial charge in [0.05, 0.1) is 5.75 Å². The quantitative estimate of drug-likeness (QED) is 0.711. The number of hydrogen-bond acceptors (Lipinski definition) is 4. The number of rotatable bonds is 9. The van der Waals surface area contributed by atoms with E-state index in [2.05, 4.69) is 12.2 Å². The molecular formula is C14H22FNO2S2. The van der Waals surface area contributed by atoms with E-state index in [1.807, 2.05) is 0 Å². The summed E-state index contributed by atoms with van der Waals surface area (Å²) < 4.78 is 35.3. The lowest BCUT2D eigenvalue weighted by molar-refractivity contribution is 0.532. The molecule has 0 bridgehead atoms. The summed E-state index contributed by atoms with van der Waals surface area (Å²) in [5.41, 5.74) is 0. The number of benzene rings is 1. The molecule has 0 aliphatic heterocycles. The standard InChI is InChI=1S/C14H22FNO2S2/c1-3-9-16-13(8-10-20(2,17)18)11-19-14-6-4-12(15)5-7-14/h4-7,13,16H,3,8-11H2,1-2H3. The summed E-state index contributed by atoms with van der Waals surface area (Å²) in [4.78, 5) is 0.994. The number of hydrogen-bond donors (Lipinski definition) is 1. The number of sulfone groups is 1. The first kappa shape index (κ1) is 17.5. The fourth-order valence-corrected chi connectivity index (χ4v) is 3.40. The normalized spacial score (nSPS) is 13.3. The van der Waals surface area contributed by atoms with Crippen LogP contribution >= 0.6 is 11.8 Å². The van der Waals surface area contributed by atoms with E-state index in [1.54, 1.807) is 23.9 Å². The van der Waals surface area contributed by atoms with E-state index in [0.29, 0.717) is 6.42 Å². The van der Waals surface area contributed by atoms with Gasteiger partial charge in [0, 0.05) is 22.9 Å². The zero-order chi connectivity index (χ0) is 15.0. The predicted octanol–water partition coefficient (Wildman–Crippen LogP) is 2.72. The third-order valence-electron chi connectivity index (χ3n) is 2.78. The molecule has 0 saturated heterocycles. The molecule has 6 heteroatoms. The van der Waals surface area contributed by atoms with Crippen molar-refractivity contribution in [3.8, 4) is 0 Å². The number of halogens is 1. The van der Waals surface area contributed by atoms with Gasteiger partial charge in [0.1, 0.15) is 15.7 Å². The second kappa shape index (κ2) is 8.64. The molecular weight excluding hydrogens is 297 g/mol. The van der Waals surface area contributed by atoms with Crippen molar-refractivity contribution in [1.29, 1.82) is 0 Å². The molecule has 0 heterocycles. The molecule has 1 atom stereocenters. The van der Waals surface area contributed by atoms with Gasteiger partial charge in [-0.15, -0.1) is 11.8 Å².